The summed E-state index contributed by atoms with van der Waals surface area (Å²) in [7, 11) is 1.73. The van der Waals surface area contributed by atoms with Crippen LogP contribution in [0.4, 0.5) is 0 Å². The van der Waals surface area contributed by atoms with Gasteiger partial charge in [0.2, 0.25) is 0 Å². The van der Waals surface area contributed by atoms with Crippen molar-refractivity contribution >= 4 is 16.8 Å². The van der Waals surface area contributed by atoms with E-state index < -0.39 is 0 Å². The van der Waals surface area contributed by atoms with Crippen LogP contribution in [0.1, 0.15) is 23.3 Å². The predicted molar refractivity (Wildman–Crippen MR) is 87.5 cm³/mol. The first-order valence-corrected chi connectivity index (χ1v) is 8.22. The van der Waals surface area contributed by atoms with Gasteiger partial charge in [-0.3, -0.25) is 4.79 Å². The maximum absolute atomic E-state index is 12.7. The van der Waals surface area contributed by atoms with Gasteiger partial charge in [-0.15, -0.1) is 0 Å². The molecular formula is C18H22N2O3. The van der Waals surface area contributed by atoms with Crippen molar-refractivity contribution in [1.82, 2.24) is 9.88 Å². The molecule has 2 saturated heterocycles. The molecule has 2 fully saturated rings. The van der Waals surface area contributed by atoms with Gasteiger partial charge in [0.05, 0.1) is 13.1 Å². The molecule has 0 bridgehead atoms. The Labute approximate surface area is 135 Å². The third-order valence-electron chi connectivity index (χ3n) is 5.23. The molecule has 0 aliphatic carbocycles. The van der Waals surface area contributed by atoms with Gasteiger partial charge in [0.25, 0.3) is 5.91 Å². The van der Waals surface area contributed by atoms with E-state index in [0.717, 1.165) is 37.0 Å². The molecule has 23 heavy (non-hydrogen) atoms. The number of H-pyrrole nitrogens is 1. The van der Waals surface area contributed by atoms with E-state index in [1.807, 2.05) is 35.2 Å². The maximum Gasteiger partial charge on any atom is 0.270 e. The summed E-state index contributed by atoms with van der Waals surface area (Å²) in [6, 6.07) is 9.89. The number of benzene rings is 1. The number of carbonyl (C=O) groups excluding carboxylic acids is 1. The van der Waals surface area contributed by atoms with E-state index >= 15 is 0 Å². The summed E-state index contributed by atoms with van der Waals surface area (Å²) in [6.45, 7) is 2.93. The monoisotopic (exact) mass is 314 g/mol. The minimum Gasteiger partial charge on any atom is -0.385 e. The lowest BCUT2D eigenvalue weighted by molar-refractivity contribution is -0.120. The fraction of sp³-hybridized carbons (Fsp3) is 0.500. The van der Waals surface area contributed by atoms with Crippen LogP contribution in [0.3, 0.4) is 0 Å². The van der Waals surface area contributed by atoms with Crippen LogP contribution >= 0.6 is 0 Å². The minimum absolute atomic E-state index is 0.0628. The van der Waals surface area contributed by atoms with Gasteiger partial charge in [0.15, 0.2) is 0 Å². The lowest BCUT2D eigenvalue weighted by Gasteiger charge is -2.50. The number of para-hydroxylation sites is 1. The molecule has 1 amide bonds. The second kappa shape index (κ2) is 5.65. The number of nitrogens with one attached hydrogen (secondary N) is 1. The minimum atomic E-state index is -0.139. The van der Waals surface area contributed by atoms with Crippen LogP contribution in [0.25, 0.3) is 10.9 Å². The topological polar surface area (TPSA) is 54.6 Å². The highest BCUT2D eigenvalue weighted by atomic mass is 16.5. The van der Waals surface area contributed by atoms with Crippen molar-refractivity contribution in [1.29, 1.82) is 0 Å². The van der Waals surface area contributed by atoms with E-state index in [-0.39, 0.29) is 11.5 Å². The molecule has 1 spiro atoms. The van der Waals surface area contributed by atoms with Crippen molar-refractivity contribution in [2.75, 3.05) is 33.4 Å². The van der Waals surface area contributed by atoms with Crippen LogP contribution in [-0.4, -0.2) is 54.8 Å². The third-order valence-corrected chi connectivity index (χ3v) is 5.23. The van der Waals surface area contributed by atoms with Crippen LogP contribution in [-0.2, 0) is 9.47 Å². The van der Waals surface area contributed by atoms with Crippen molar-refractivity contribution in [3.8, 4) is 0 Å². The Morgan fingerprint density at radius 1 is 1.43 bits per heavy atom. The van der Waals surface area contributed by atoms with E-state index in [2.05, 4.69) is 4.98 Å². The number of hydrogen-bond acceptors (Lipinski definition) is 3. The quantitative estimate of drug-likeness (QED) is 0.943. The molecule has 1 aromatic heterocycles. The van der Waals surface area contributed by atoms with Crippen LogP contribution in [0.2, 0.25) is 0 Å². The van der Waals surface area contributed by atoms with Crippen molar-refractivity contribution in [2.45, 2.75) is 18.4 Å². The molecule has 3 heterocycles. The standard InChI is InChI=1S/C18H22N2O3/c1-22-8-6-14-7-9-23-18(14)11-20(12-18)17(21)16-10-13-4-2-3-5-15(13)19-16/h2-5,10,14,19H,6-9,11-12H2,1H3. The van der Waals surface area contributed by atoms with Crippen LogP contribution in [0.15, 0.2) is 30.3 Å². The molecule has 1 N–H and O–H groups in total. The molecular weight excluding hydrogens is 292 g/mol. The van der Waals surface area contributed by atoms with Gasteiger partial charge in [-0.2, -0.15) is 0 Å². The average Bonchev–Trinajstić information content (AvgIpc) is 3.14. The summed E-state index contributed by atoms with van der Waals surface area (Å²) in [5, 5.41) is 1.07. The van der Waals surface area contributed by atoms with Gasteiger partial charge in [0.1, 0.15) is 11.3 Å². The summed E-state index contributed by atoms with van der Waals surface area (Å²) < 4.78 is 11.2. The number of rotatable bonds is 4. The molecule has 1 atom stereocenters. The smallest absolute Gasteiger partial charge is 0.270 e. The third kappa shape index (κ3) is 2.44. The first-order valence-electron chi connectivity index (χ1n) is 8.22. The van der Waals surface area contributed by atoms with Crippen LogP contribution < -0.4 is 0 Å². The Morgan fingerprint density at radius 2 is 2.26 bits per heavy atom. The van der Waals surface area contributed by atoms with Gasteiger partial charge in [-0.1, -0.05) is 18.2 Å². The molecule has 1 unspecified atom stereocenters. The highest BCUT2D eigenvalue weighted by molar-refractivity contribution is 5.98. The highest BCUT2D eigenvalue weighted by Crippen LogP contribution is 2.42. The van der Waals surface area contributed by atoms with E-state index in [9.17, 15) is 4.79 Å². The van der Waals surface area contributed by atoms with E-state index in [1.54, 1.807) is 7.11 Å². The van der Waals surface area contributed by atoms with Crippen molar-refractivity contribution in [2.24, 2.45) is 5.92 Å². The first kappa shape index (κ1) is 14.7. The Kier molecular flexibility index (Phi) is 3.62. The summed E-state index contributed by atoms with van der Waals surface area (Å²) in [5.74, 6) is 0.557. The number of fused-ring (bicyclic) bond motifs is 1. The average molecular weight is 314 g/mol. The Bertz CT molecular complexity index is 685. The lowest BCUT2D eigenvalue weighted by atomic mass is 9.79. The van der Waals surface area contributed by atoms with Crippen LogP contribution in [0.5, 0.6) is 0 Å². The number of ether oxygens (including phenoxy) is 2. The maximum atomic E-state index is 12.7. The Balaban J connectivity index is 1.45. The van der Waals surface area contributed by atoms with Crippen molar-refractivity contribution in [3.63, 3.8) is 0 Å². The Morgan fingerprint density at radius 3 is 3.04 bits per heavy atom. The van der Waals surface area contributed by atoms with Gasteiger partial charge >= 0.3 is 0 Å². The van der Waals surface area contributed by atoms with E-state index in [0.29, 0.717) is 24.7 Å². The van der Waals surface area contributed by atoms with Crippen molar-refractivity contribution < 1.29 is 14.3 Å². The number of amides is 1. The number of methoxy groups -OCH3 is 1. The lowest BCUT2D eigenvalue weighted by Crippen LogP contribution is -2.66. The first-order chi connectivity index (χ1) is 11.2. The van der Waals surface area contributed by atoms with E-state index in [4.69, 9.17) is 9.47 Å². The van der Waals surface area contributed by atoms with Crippen molar-refractivity contribution in [3.05, 3.63) is 36.0 Å². The van der Waals surface area contributed by atoms with Crippen LogP contribution in [0, 0.1) is 5.92 Å². The summed E-state index contributed by atoms with van der Waals surface area (Å²) in [6.07, 6.45) is 2.07. The second-order valence-corrected chi connectivity index (χ2v) is 6.61. The molecule has 2 aliphatic rings. The zero-order valence-corrected chi connectivity index (χ0v) is 13.4. The zero-order valence-electron chi connectivity index (χ0n) is 13.4. The molecule has 5 nitrogen and oxygen atoms in total. The molecule has 2 aromatic rings. The van der Waals surface area contributed by atoms with Gasteiger partial charge in [-0.25, -0.2) is 0 Å². The molecule has 122 valence electrons. The summed E-state index contributed by atoms with van der Waals surface area (Å²) >= 11 is 0. The molecule has 5 heteroatoms. The predicted octanol–water partition coefficient (Wildman–Crippen LogP) is 2.44. The van der Waals surface area contributed by atoms with E-state index in [1.165, 1.54) is 0 Å². The molecule has 1 aromatic carbocycles. The SMILES string of the molecule is COCCC1CCOC12CN(C(=O)c1cc3ccccc3[nH]1)C2. The van der Waals surface area contributed by atoms with Gasteiger partial charge in [0, 0.05) is 31.2 Å². The number of aromatic nitrogens is 1. The number of nitrogens with zero attached hydrogens (tertiary/aromatic N) is 1. The fourth-order valence-corrected chi connectivity index (χ4v) is 3.90. The molecule has 2 aliphatic heterocycles. The largest absolute Gasteiger partial charge is 0.385 e. The summed E-state index contributed by atoms with van der Waals surface area (Å²) in [4.78, 5) is 17.8. The fourth-order valence-electron chi connectivity index (χ4n) is 3.90. The number of hydrogen-bond donors (Lipinski definition) is 1. The summed E-state index contributed by atoms with van der Waals surface area (Å²) in [5.41, 5.74) is 1.52. The van der Waals surface area contributed by atoms with Gasteiger partial charge < -0.3 is 19.4 Å². The number of carbonyl (C=O) groups is 1. The van der Waals surface area contributed by atoms with Gasteiger partial charge in [-0.05, 0) is 30.9 Å². The molecule has 0 saturated carbocycles. The molecule has 4 rings (SSSR count). The normalized spacial score (nSPS) is 22.7. The number of likely N-dealkylation sites (tertiary alicyclic amines) is 1. The highest BCUT2D eigenvalue weighted by Gasteiger charge is 2.54. The second-order valence-electron chi connectivity index (χ2n) is 6.61. The molecule has 0 radical (unpaired) electrons. The zero-order chi connectivity index (χ0) is 15.9. The Hall–Kier alpha value is -1.85. The number of aromatic amines is 1.